The molecule has 3 rings (SSSR count). The van der Waals surface area contributed by atoms with Gasteiger partial charge in [0.1, 0.15) is 11.1 Å². The highest BCUT2D eigenvalue weighted by molar-refractivity contribution is 7.16. The van der Waals surface area contributed by atoms with Crippen molar-refractivity contribution < 1.29 is 14.7 Å². The van der Waals surface area contributed by atoms with Crippen LogP contribution >= 0.6 is 11.3 Å². The van der Waals surface area contributed by atoms with Crippen molar-refractivity contribution in [2.24, 2.45) is 23.7 Å². The number of nitrogens with one attached hydrogen (secondary N) is 1. The van der Waals surface area contributed by atoms with E-state index >= 15 is 0 Å². The SMILES string of the molecule is Cc1sc(NC(=O)[C@H]2[C@H](C(=O)O)[C@H]3C=C[C@H]2C3)c(C#N)c1C. The molecule has 2 bridgehead atoms. The second-order valence-electron chi connectivity index (χ2n) is 5.93. The van der Waals surface area contributed by atoms with Crippen molar-refractivity contribution in [2.45, 2.75) is 20.3 Å². The number of hydrogen-bond donors (Lipinski definition) is 2. The minimum absolute atomic E-state index is 0.0150. The molecule has 1 aromatic rings. The molecule has 5 nitrogen and oxygen atoms in total. The van der Waals surface area contributed by atoms with Crippen molar-refractivity contribution in [1.82, 2.24) is 0 Å². The third-order valence-electron chi connectivity index (χ3n) is 4.78. The molecule has 0 aliphatic heterocycles. The van der Waals surface area contributed by atoms with E-state index in [0.29, 0.717) is 10.6 Å². The molecule has 6 heteroatoms. The molecule has 0 saturated heterocycles. The smallest absolute Gasteiger partial charge is 0.307 e. The van der Waals surface area contributed by atoms with E-state index in [4.69, 9.17) is 0 Å². The molecule has 4 atom stereocenters. The maximum Gasteiger partial charge on any atom is 0.307 e. The number of fused-ring (bicyclic) bond motifs is 2. The molecule has 1 aromatic heterocycles. The van der Waals surface area contributed by atoms with E-state index in [9.17, 15) is 20.0 Å². The Kier molecular flexibility index (Phi) is 3.53. The number of carbonyl (C=O) groups excluding carboxylic acids is 1. The Labute approximate surface area is 132 Å². The highest BCUT2D eigenvalue weighted by atomic mass is 32.1. The van der Waals surface area contributed by atoms with Gasteiger partial charge in [-0.05, 0) is 37.7 Å². The van der Waals surface area contributed by atoms with Gasteiger partial charge in [-0.15, -0.1) is 11.3 Å². The summed E-state index contributed by atoms with van der Waals surface area (Å²) in [5.74, 6) is -2.50. The Hall–Kier alpha value is -2.13. The standard InChI is InChI=1S/C16H16N2O3S/c1-7-8(2)22-15(11(7)6-17)18-14(19)12-9-3-4-10(5-9)13(12)16(20)21/h3-4,9-10,12-13H,5H2,1-2H3,(H,18,19)(H,20,21)/t9-,10-,12+,13+/m0/s1. The van der Waals surface area contributed by atoms with Gasteiger partial charge in [-0.25, -0.2) is 0 Å². The number of aliphatic carboxylic acids is 1. The van der Waals surface area contributed by atoms with Crippen molar-refractivity contribution >= 4 is 28.2 Å². The predicted molar refractivity (Wildman–Crippen MR) is 82.5 cm³/mol. The lowest BCUT2D eigenvalue weighted by atomic mass is 9.82. The summed E-state index contributed by atoms with van der Waals surface area (Å²) in [7, 11) is 0. The molecular weight excluding hydrogens is 300 g/mol. The average Bonchev–Trinajstić information content (AvgIpc) is 3.13. The minimum Gasteiger partial charge on any atom is -0.481 e. The van der Waals surface area contributed by atoms with E-state index < -0.39 is 17.8 Å². The molecule has 22 heavy (non-hydrogen) atoms. The Morgan fingerprint density at radius 1 is 1.32 bits per heavy atom. The molecule has 1 heterocycles. The number of amides is 1. The first kappa shape index (κ1) is 14.8. The highest BCUT2D eigenvalue weighted by Gasteiger charge is 2.51. The fourth-order valence-corrected chi connectivity index (χ4v) is 4.57. The first-order valence-electron chi connectivity index (χ1n) is 7.16. The summed E-state index contributed by atoms with van der Waals surface area (Å²) in [6, 6.07) is 2.11. The van der Waals surface area contributed by atoms with E-state index in [-0.39, 0.29) is 17.7 Å². The zero-order valence-electron chi connectivity index (χ0n) is 12.3. The number of carbonyl (C=O) groups is 2. The van der Waals surface area contributed by atoms with Crippen LogP contribution in [0.25, 0.3) is 0 Å². The van der Waals surface area contributed by atoms with Crippen LogP contribution in [-0.2, 0) is 9.59 Å². The van der Waals surface area contributed by atoms with E-state index in [1.807, 2.05) is 26.0 Å². The molecule has 2 aliphatic carbocycles. The van der Waals surface area contributed by atoms with Crippen LogP contribution in [-0.4, -0.2) is 17.0 Å². The number of nitrogens with zero attached hydrogens (tertiary/aromatic N) is 1. The van der Waals surface area contributed by atoms with E-state index in [0.717, 1.165) is 16.9 Å². The number of anilines is 1. The van der Waals surface area contributed by atoms with Gasteiger partial charge in [-0.3, -0.25) is 9.59 Å². The monoisotopic (exact) mass is 316 g/mol. The molecular formula is C16H16N2O3S. The molecule has 0 spiro atoms. The normalized spacial score (nSPS) is 28.6. The summed E-state index contributed by atoms with van der Waals surface area (Å²) >= 11 is 1.36. The molecule has 0 aromatic carbocycles. The number of nitriles is 1. The lowest BCUT2D eigenvalue weighted by Gasteiger charge is -2.23. The van der Waals surface area contributed by atoms with E-state index in [1.165, 1.54) is 11.3 Å². The highest BCUT2D eigenvalue weighted by Crippen LogP contribution is 2.48. The lowest BCUT2D eigenvalue weighted by molar-refractivity contribution is -0.146. The zero-order chi connectivity index (χ0) is 16.0. The molecule has 1 amide bonds. The number of carboxylic acid groups (broad SMARTS) is 1. The van der Waals surface area contributed by atoms with Crippen LogP contribution < -0.4 is 5.32 Å². The average molecular weight is 316 g/mol. The topological polar surface area (TPSA) is 90.2 Å². The van der Waals surface area contributed by atoms with Crippen LogP contribution in [0.4, 0.5) is 5.00 Å². The summed E-state index contributed by atoms with van der Waals surface area (Å²) in [6.07, 6.45) is 4.58. The van der Waals surface area contributed by atoms with Gasteiger partial charge < -0.3 is 10.4 Å². The quantitative estimate of drug-likeness (QED) is 0.839. The van der Waals surface area contributed by atoms with Crippen LogP contribution in [0.1, 0.15) is 22.4 Å². The number of aryl methyl sites for hydroxylation is 1. The van der Waals surface area contributed by atoms with E-state index in [2.05, 4.69) is 11.4 Å². The van der Waals surface area contributed by atoms with Gasteiger partial charge in [0.25, 0.3) is 0 Å². The molecule has 0 unspecified atom stereocenters. The van der Waals surface area contributed by atoms with Gasteiger partial charge in [0.15, 0.2) is 0 Å². The Balaban J connectivity index is 1.86. The number of rotatable bonds is 3. The first-order chi connectivity index (χ1) is 10.4. The van der Waals surface area contributed by atoms with Gasteiger partial charge in [0.05, 0.1) is 17.4 Å². The van der Waals surface area contributed by atoms with Crippen LogP contribution in [0.15, 0.2) is 12.2 Å². The van der Waals surface area contributed by atoms with E-state index in [1.54, 1.807) is 0 Å². The maximum atomic E-state index is 12.6. The van der Waals surface area contributed by atoms with Crippen LogP contribution in [0.3, 0.4) is 0 Å². The number of allylic oxidation sites excluding steroid dienone is 2. The van der Waals surface area contributed by atoms with Crippen LogP contribution in [0.5, 0.6) is 0 Å². The first-order valence-corrected chi connectivity index (χ1v) is 7.97. The lowest BCUT2D eigenvalue weighted by Crippen LogP contribution is -2.36. The maximum absolute atomic E-state index is 12.6. The second-order valence-corrected chi connectivity index (χ2v) is 7.15. The molecule has 1 fully saturated rings. The summed E-state index contributed by atoms with van der Waals surface area (Å²) in [4.78, 5) is 25.1. The van der Waals surface area contributed by atoms with Crippen molar-refractivity contribution in [3.63, 3.8) is 0 Å². The Morgan fingerprint density at radius 2 is 1.95 bits per heavy atom. The molecule has 0 radical (unpaired) electrons. The molecule has 2 aliphatic rings. The van der Waals surface area contributed by atoms with Crippen molar-refractivity contribution in [2.75, 3.05) is 5.32 Å². The van der Waals surface area contributed by atoms with Crippen molar-refractivity contribution in [1.29, 1.82) is 5.26 Å². The Morgan fingerprint density at radius 3 is 2.55 bits per heavy atom. The predicted octanol–water partition coefficient (Wildman–Crippen LogP) is 2.70. The fourth-order valence-electron chi connectivity index (χ4n) is 3.56. The molecule has 1 saturated carbocycles. The largest absolute Gasteiger partial charge is 0.481 e. The third kappa shape index (κ3) is 2.13. The van der Waals surface area contributed by atoms with Gasteiger partial charge in [0.2, 0.25) is 5.91 Å². The van der Waals surface area contributed by atoms with Gasteiger partial charge in [-0.1, -0.05) is 12.2 Å². The summed E-state index contributed by atoms with van der Waals surface area (Å²) < 4.78 is 0. The summed E-state index contributed by atoms with van der Waals surface area (Å²) in [6.45, 7) is 3.75. The number of carboxylic acids is 1. The zero-order valence-corrected chi connectivity index (χ0v) is 13.1. The van der Waals surface area contributed by atoms with Gasteiger partial charge in [-0.2, -0.15) is 5.26 Å². The summed E-state index contributed by atoms with van der Waals surface area (Å²) in [5.41, 5.74) is 1.34. The van der Waals surface area contributed by atoms with Crippen LogP contribution in [0, 0.1) is 48.9 Å². The van der Waals surface area contributed by atoms with Crippen molar-refractivity contribution in [3.05, 3.63) is 28.2 Å². The van der Waals surface area contributed by atoms with Crippen molar-refractivity contribution in [3.8, 4) is 6.07 Å². The second kappa shape index (κ2) is 5.25. The molecule has 114 valence electrons. The third-order valence-corrected chi connectivity index (χ3v) is 5.90. The Bertz CT molecular complexity index is 728. The van der Waals surface area contributed by atoms with Gasteiger partial charge >= 0.3 is 5.97 Å². The van der Waals surface area contributed by atoms with Crippen LogP contribution in [0.2, 0.25) is 0 Å². The minimum atomic E-state index is -0.920. The van der Waals surface area contributed by atoms with Gasteiger partial charge in [0, 0.05) is 4.88 Å². The molecule has 2 N–H and O–H groups in total. The summed E-state index contributed by atoms with van der Waals surface area (Å²) in [5, 5.41) is 22.0. The number of hydrogen-bond acceptors (Lipinski definition) is 4. The fraction of sp³-hybridized carbons (Fsp3) is 0.438. The number of thiophene rings is 1.